The van der Waals surface area contributed by atoms with Gasteiger partial charge in [0, 0.05) is 23.9 Å². The maximum absolute atomic E-state index is 12.1. The molecule has 0 radical (unpaired) electrons. The van der Waals surface area contributed by atoms with E-state index in [2.05, 4.69) is 14.9 Å². The average molecular weight is 281 g/mol. The summed E-state index contributed by atoms with van der Waals surface area (Å²) in [4.78, 5) is 0.174. The highest BCUT2D eigenvalue weighted by molar-refractivity contribution is 7.89. The van der Waals surface area contributed by atoms with E-state index in [1.807, 2.05) is 6.92 Å². The summed E-state index contributed by atoms with van der Waals surface area (Å²) in [5.74, 6) is 0.502. The van der Waals surface area contributed by atoms with E-state index in [9.17, 15) is 8.42 Å². The molecule has 0 spiro atoms. The van der Waals surface area contributed by atoms with Crippen LogP contribution >= 0.6 is 0 Å². The molecule has 0 saturated heterocycles. The van der Waals surface area contributed by atoms with Gasteiger partial charge in [0.1, 0.15) is 5.75 Å². The van der Waals surface area contributed by atoms with Crippen LogP contribution in [-0.2, 0) is 16.6 Å². The molecule has 0 unspecified atom stereocenters. The highest BCUT2D eigenvalue weighted by Crippen LogP contribution is 2.17. The standard InChI is InChI=1S/C12H15N3O3S/c1-9-10(7-13-15-9)8-14-19(16,17)12-5-3-4-11(6-12)18-2/h3-7,14H,8H2,1-2H3,(H,13,15). The van der Waals surface area contributed by atoms with E-state index < -0.39 is 10.0 Å². The molecular weight excluding hydrogens is 266 g/mol. The fourth-order valence-corrected chi connectivity index (χ4v) is 2.62. The van der Waals surface area contributed by atoms with Gasteiger partial charge in [-0.1, -0.05) is 6.07 Å². The van der Waals surface area contributed by atoms with Crippen molar-refractivity contribution in [1.29, 1.82) is 0 Å². The molecule has 1 aromatic heterocycles. The summed E-state index contributed by atoms with van der Waals surface area (Å²) < 4.78 is 31.8. The van der Waals surface area contributed by atoms with Gasteiger partial charge in [0.15, 0.2) is 0 Å². The van der Waals surface area contributed by atoms with Gasteiger partial charge in [0.2, 0.25) is 10.0 Å². The SMILES string of the molecule is COc1cccc(S(=O)(=O)NCc2cn[nH]c2C)c1. The van der Waals surface area contributed by atoms with Crippen molar-refractivity contribution in [3.05, 3.63) is 41.7 Å². The largest absolute Gasteiger partial charge is 0.497 e. The van der Waals surface area contributed by atoms with E-state index in [0.29, 0.717) is 5.75 Å². The highest BCUT2D eigenvalue weighted by atomic mass is 32.2. The molecule has 2 aromatic rings. The van der Waals surface area contributed by atoms with E-state index in [4.69, 9.17) is 4.74 Å². The first-order chi connectivity index (χ1) is 9.03. The van der Waals surface area contributed by atoms with Crippen molar-refractivity contribution in [2.75, 3.05) is 7.11 Å². The van der Waals surface area contributed by atoms with Crippen molar-refractivity contribution in [1.82, 2.24) is 14.9 Å². The fraction of sp³-hybridized carbons (Fsp3) is 0.250. The summed E-state index contributed by atoms with van der Waals surface area (Å²) in [7, 11) is -2.06. The van der Waals surface area contributed by atoms with Crippen molar-refractivity contribution in [3.8, 4) is 5.75 Å². The second kappa shape index (κ2) is 5.41. The summed E-state index contributed by atoms with van der Waals surface area (Å²) in [6, 6.07) is 6.33. The first-order valence-electron chi connectivity index (χ1n) is 5.65. The van der Waals surface area contributed by atoms with Gasteiger partial charge in [0.25, 0.3) is 0 Å². The Morgan fingerprint density at radius 1 is 1.42 bits per heavy atom. The Kier molecular flexibility index (Phi) is 3.87. The molecule has 2 N–H and O–H groups in total. The minimum Gasteiger partial charge on any atom is -0.497 e. The van der Waals surface area contributed by atoms with Gasteiger partial charge in [-0.05, 0) is 19.1 Å². The third-order valence-electron chi connectivity index (χ3n) is 2.74. The third-order valence-corrected chi connectivity index (χ3v) is 4.14. The quantitative estimate of drug-likeness (QED) is 0.862. The van der Waals surface area contributed by atoms with Crippen molar-refractivity contribution in [2.45, 2.75) is 18.4 Å². The molecule has 2 rings (SSSR count). The van der Waals surface area contributed by atoms with Gasteiger partial charge >= 0.3 is 0 Å². The zero-order valence-electron chi connectivity index (χ0n) is 10.7. The Labute approximate surface area is 111 Å². The van der Waals surface area contributed by atoms with E-state index in [0.717, 1.165) is 11.3 Å². The number of ether oxygens (including phenoxy) is 1. The number of hydrogen-bond acceptors (Lipinski definition) is 4. The molecule has 1 heterocycles. The van der Waals surface area contributed by atoms with Crippen LogP contribution in [0.1, 0.15) is 11.3 Å². The number of rotatable bonds is 5. The summed E-state index contributed by atoms with van der Waals surface area (Å²) in [6.45, 7) is 2.03. The lowest BCUT2D eigenvalue weighted by atomic mass is 10.3. The van der Waals surface area contributed by atoms with Gasteiger partial charge in [-0.15, -0.1) is 0 Å². The van der Waals surface area contributed by atoms with Crippen molar-refractivity contribution < 1.29 is 13.2 Å². The summed E-state index contributed by atoms with van der Waals surface area (Å²) in [5, 5.41) is 6.60. The number of hydrogen-bond donors (Lipinski definition) is 2. The maximum Gasteiger partial charge on any atom is 0.241 e. The number of benzene rings is 1. The number of methoxy groups -OCH3 is 1. The summed E-state index contributed by atoms with van der Waals surface area (Å²) >= 11 is 0. The Hall–Kier alpha value is -1.86. The van der Waals surface area contributed by atoms with Gasteiger partial charge in [-0.3, -0.25) is 5.10 Å². The maximum atomic E-state index is 12.1. The molecule has 0 aliphatic carbocycles. The Morgan fingerprint density at radius 2 is 2.21 bits per heavy atom. The van der Waals surface area contributed by atoms with Gasteiger partial charge in [-0.2, -0.15) is 5.10 Å². The molecule has 19 heavy (non-hydrogen) atoms. The van der Waals surface area contributed by atoms with Crippen LogP contribution in [0.25, 0.3) is 0 Å². The Bertz CT molecular complexity index is 664. The smallest absolute Gasteiger partial charge is 0.241 e. The number of H-pyrrole nitrogens is 1. The van der Waals surface area contributed by atoms with Crippen LogP contribution in [-0.4, -0.2) is 25.7 Å². The van der Waals surface area contributed by atoms with Gasteiger partial charge in [-0.25, -0.2) is 13.1 Å². The molecule has 0 fully saturated rings. The van der Waals surface area contributed by atoms with E-state index in [1.165, 1.54) is 19.2 Å². The van der Waals surface area contributed by atoms with Crippen molar-refractivity contribution in [3.63, 3.8) is 0 Å². The van der Waals surface area contributed by atoms with Crippen molar-refractivity contribution in [2.24, 2.45) is 0 Å². The van der Waals surface area contributed by atoms with Crippen LogP contribution < -0.4 is 9.46 Å². The molecule has 0 amide bonds. The molecule has 0 bridgehead atoms. The zero-order chi connectivity index (χ0) is 13.9. The van der Waals surface area contributed by atoms with Crippen molar-refractivity contribution >= 4 is 10.0 Å². The lowest BCUT2D eigenvalue weighted by Crippen LogP contribution is -2.23. The molecule has 1 aromatic carbocycles. The molecule has 0 aliphatic rings. The minimum absolute atomic E-state index is 0.174. The summed E-state index contributed by atoms with van der Waals surface area (Å²) in [5.41, 5.74) is 1.65. The van der Waals surface area contributed by atoms with Crippen LogP contribution in [0.2, 0.25) is 0 Å². The normalized spacial score (nSPS) is 11.5. The van der Waals surface area contributed by atoms with E-state index >= 15 is 0 Å². The number of nitrogens with zero attached hydrogens (tertiary/aromatic N) is 1. The van der Waals surface area contributed by atoms with Gasteiger partial charge < -0.3 is 4.74 Å². The third kappa shape index (κ3) is 3.12. The number of aryl methyl sites for hydroxylation is 1. The lowest BCUT2D eigenvalue weighted by Gasteiger charge is -2.07. The molecule has 102 valence electrons. The summed E-state index contributed by atoms with van der Waals surface area (Å²) in [6.07, 6.45) is 1.60. The van der Waals surface area contributed by atoms with Crippen LogP contribution in [0.3, 0.4) is 0 Å². The number of aromatic nitrogens is 2. The van der Waals surface area contributed by atoms with Crippen LogP contribution in [0.5, 0.6) is 5.75 Å². The van der Waals surface area contributed by atoms with Gasteiger partial charge in [0.05, 0.1) is 18.2 Å². The Morgan fingerprint density at radius 3 is 2.84 bits per heavy atom. The predicted octanol–water partition coefficient (Wildman–Crippen LogP) is 1.21. The first-order valence-corrected chi connectivity index (χ1v) is 7.14. The predicted molar refractivity (Wildman–Crippen MR) is 70.3 cm³/mol. The number of aromatic amines is 1. The molecule has 0 aliphatic heterocycles. The van der Waals surface area contributed by atoms with Crippen LogP contribution in [0.4, 0.5) is 0 Å². The fourth-order valence-electron chi connectivity index (χ4n) is 1.58. The number of nitrogens with one attached hydrogen (secondary N) is 2. The first kappa shape index (κ1) is 13.6. The van der Waals surface area contributed by atoms with E-state index in [-0.39, 0.29) is 11.4 Å². The molecule has 0 saturated carbocycles. The topological polar surface area (TPSA) is 84.1 Å². The van der Waals surface area contributed by atoms with Crippen LogP contribution in [0.15, 0.2) is 35.4 Å². The monoisotopic (exact) mass is 281 g/mol. The van der Waals surface area contributed by atoms with Crippen LogP contribution in [0, 0.1) is 6.92 Å². The zero-order valence-corrected chi connectivity index (χ0v) is 11.5. The average Bonchev–Trinajstić information content (AvgIpc) is 2.82. The second-order valence-corrected chi connectivity index (χ2v) is 5.79. The number of sulfonamides is 1. The molecule has 6 nitrogen and oxygen atoms in total. The highest BCUT2D eigenvalue weighted by Gasteiger charge is 2.15. The molecular formula is C12H15N3O3S. The molecule has 7 heteroatoms. The van der Waals surface area contributed by atoms with E-state index in [1.54, 1.807) is 18.3 Å². The Balaban J connectivity index is 2.16. The minimum atomic E-state index is -3.56. The second-order valence-electron chi connectivity index (χ2n) is 4.02. The molecule has 0 atom stereocenters. The lowest BCUT2D eigenvalue weighted by molar-refractivity contribution is 0.413.